The van der Waals surface area contributed by atoms with E-state index in [0.29, 0.717) is 12.3 Å². The second kappa shape index (κ2) is 6.83. The number of ether oxygens (including phenoxy) is 1. The van der Waals surface area contributed by atoms with Crippen LogP contribution >= 0.6 is 0 Å². The van der Waals surface area contributed by atoms with Crippen molar-refractivity contribution in [2.24, 2.45) is 11.8 Å². The number of esters is 1. The van der Waals surface area contributed by atoms with Crippen LogP contribution in [0.4, 0.5) is 0 Å². The van der Waals surface area contributed by atoms with Crippen LogP contribution in [-0.4, -0.2) is 12.1 Å². The minimum Gasteiger partial charge on any atom is -0.462 e. The topological polar surface area (TPSA) is 26.3 Å². The molecule has 0 radical (unpaired) electrons. The molecule has 0 aromatic carbocycles. The molecule has 1 saturated heterocycles. The fourth-order valence-corrected chi connectivity index (χ4v) is 2.25. The van der Waals surface area contributed by atoms with Crippen LogP contribution in [0.3, 0.4) is 0 Å². The zero-order chi connectivity index (χ0) is 12.8. The molecule has 1 fully saturated rings. The van der Waals surface area contributed by atoms with Crippen LogP contribution in [0.5, 0.6) is 0 Å². The van der Waals surface area contributed by atoms with Gasteiger partial charge in [0.2, 0.25) is 0 Å². The van der Waals surface area contributed by atoms with Gasteiger partial charge in [-0.25, -0.2) is 0 Å². The van der Waals surface area contributed by atoms with Crippen molar-refractivity contribution in [1.82, 2.24) is 0 Å². The standard InChI is InChI=1S/C15H26O2/c1-11(2)6-5-7-12(3)8-9-14-10-15(16)17-13(14)4/h7,11,13-14H,5-6,8-10H2,1-4H3/b12-7-/t13-,14?/m1/s1. The summed E-state index contributed by atoms with van der Waals surface area (Å²) in [5.41, 5.74) is 1.46. The molecule has 1 unspecified atom stereocenters. The summed E-state index contributed by atoms with van der Waals surface area (Å²) in [6, 6.07) is 0. The lowest BCUT2D eigenvalue weighted by atomic mass is 9.94. The van der Waals surface area contributed by atoms with Gasteiger partial charge in [-0.2, -0.15) is 0 Å². The molecule has 2 nitrogen and oxygen atoms in total. The summed E-state index contributed by atoms with van der Waals surface area (Å²) in [5.74, 6) is 1.18. The van der Waals surface area contributed by atoms with Crippen LogP contribution < -0.4 is 0 Å². The van der Waals surface area contributed by atoms with E-state index in [2.05, 4.69) is 26.8 Å². The third kappa shape index (κ3) is 5.38. The van der Waals surface area contributed by atoms with Gasteiger partial charge in [0, 0.05) is 5.92 Å². The Kier molecular flexibility index (Phi) is 5.73. The lowest BCUT2D eigenvalue weighted by Crippen LogP contribution is -2.11. The number of cyclic esters (lactones) is 1. The van der Waals surface area contributed by atoms with E-state index < -0.39 is 0 Å². The molecule has 1 heterocycles. The highest BCUT2D eigenvalue weighted by Gasteiger charge is 2.30. The Hall–Kier alpha value is -0.790. The molecule has 1 aliphatic heterocycles. The van der Waals surface area contributed by atoms with Crippen LogP contribution in [0.1, 0.15) is 59.8 Å². The van der Waals surface area contributed by atoms with Gasteiger partial charge in [-0.3, -0.25) is 4.79 Å². The summed E-state index contributed by atoms with van der Waals surface area (Å²) < 4.78 is 5.16. The molecule has 98 valence electrons. The maximum atomic E-state index is 11.1. The number of allylic oxidation sites excluding steroid dienone is 2. The second-order valence-electron chi connectivity index (χ2n) is 5.72. The second-order valence-corrected chi connectivity index (χ2v) is 5.72. The minimum absolute atomic E-state index is 0.0241. The lowest BCUT2D eigenvalue weighted by molar-refractivity contribution is -0.140. The molecule has 2 atom stereocenters. The molecule has 1 rings (SSSR count). The van der Waals surface area contributed by atoms with E-state index >= 15 is 0 Å². The third-order valence-corrected chi connectivity index (χ3v) is 3.56. The molecule has 2 heteroatoms. The molecule has 0 aromatic heterocycles. The smallest absolute Gasteiger partial charge is 0.306 e. The molecule has 17 heavy (non-hydrogen) atoms. The van der Waals surface area contributed by atoms with Crippen LogP contribution in [-0.2, 0) is 9.53 Å². The Morgan fingerprint density at radius 2 is 2.24 bits per heavy atom. The highest BCUT2D eigenvalue weighted by atomic mass is 16.5. The van der Waals surface area contributed by atoms with Crippen molar-refractivity contribution in [2.45, 2.75) is 65.9 Å². The lowest BCUT2D eigenvalue weighted by Gasteiger charge is -2.12. The van der Waals surface area contributed by atoms with Crippen LogP contribution in [0.25, 0.3) is 0 Å². The number of hydrogen-bond donors (Lipinski definition) is 0. The predicted octanol–water partition coefficient (Wildman–Crippen LogP) is 4.10. The quantitative estimate of drug-likeness (QED) is 0.514. The average molecular weight is 238 g/mol. The van der Waals surface area contributed by atoms with Gasteiger partial charge in [0.1, 0.15) is 6.10 Å². The fourth-order valence-electron chi connectivity index (χ4n) is 2.25. The van der Waals surface area contributed by atoms with E-state index in [9.17, 15) is 4.79 Å². The normalized spacial score (nSPS) is 25.5. The van der Waals surface area contributed by atoms with Crippen molar-refractivity contribution in [1.29, 1.82) is 0 Å². The first-order valence-electron chi connectivity index (χ1n) is 6.84. The number of rotatable bonds is 6. The first-order chi connectivity index (χ1) is 7.99. The highest BCUT2D eigenvalue weighted by Crippen LogP contribution is 2.27. The Morgan fingerprint density at radius 3 is 2.76 bits per heavy atom. The molecule has 0 saturated carbocycles. The van der Waals surface area contributed by atoms with E-state index in [1.165, 1.54) is 18.4 Å². The van der Waals surface area contributed by atoms with Crippen molar-refractivity contribution in [3.8, 4) is 0 Å². The van der Waals surface area contributed by atoms with E-state index in [1.54, 1.807) is 0 Å². The van der Waals surface area contributed by atoms with E-state index in [4.69, 9.17) is 4.74 Å². The van der Waals surface area contributed by atoms with Crippen molar-refractivity contribution in [3.05, 3.63) is 11.6 Å². The van der Waals surface area contributed by atoms with Crippen molar-refractivity contribution >= 4 is 5.97 Å². The number of hydrogen-bond acceptors (Lipinski definition) is 2. The van der Waals surface area contributed by atoms with Gasteiger partial charge in [0.15, 0.2) is 0 Å². The Labute approximate surface area is 105 Å². The maximum absolute atomic E-state index is 11.1. The van der Waals surface area contributed by atoms with Gasteiger partial charge in [-0.05, 0) is 45.4 Å². The molecule has 0 N–H and O–H groups in total. The summed E-state index contributed by atoms with van der Waals surface area (Å²) >= 11 is 0. The van der Waals surface area contributed by atoms with Crippen molar-refractivity contribution in [3.63, 3.8) is 0 Å². The number of carbonyl (C=O) groups is 1. The SMILES string of the molecule is C/C(=C/CCC(C)C)CCC1CC(=O)O[C@@H]1C. The Morgan fingerprint density at radius 1 is 1.53 bits per heavy atom. The van der Waals surface area contributed by atoms with E-state index in [-0.39, 0.29) is 12.1 Å². The third-order valence-electron chi connectivity index (χ3n) is 3.56. The van der Waals surface area contributed by atoms with Gasteiger partial charge >= 0.3 is 5.97 Å². The first kappa shape index (κ1) is 14.3. The van der Waals surface area contributed by atoms with Gasteiger partial charge in [0.05, 0.1) is 6.42 Å². The fraction of sp³-hybridized carbons (Fsp3) is 0.800. The van der Waals surface area contributed by atoms with E-state index in [1.807, 2.05) is 6.92 Å². The van der Waals surface area contributed by atoms with E-state index in [0.717, 1.165) is 18.8 Å². The molecule has 1 aliphatic rings. The maximum Gasteiger partial charge on any atom is 0.306 e. The van der Waals surface area contributed by atoms with Crippen LogP contribution in [0, 0.1) is 11.8 Å². The molecule has 0 aliphatic carbocycles. The van der Waals surface area contributed by atoms with Gasteiger partial charge in [-0.1, -0.05) is 25.5 Å². The first-order valence-corrected chi connectivity index (χ1v) is 6.84. The molecule has 0 bridgehead atoms. The highest BCUT2D eigenvalue weighted by molar-refractivity contribution is 5.71. The summed E-state index contributed by atoms with van der Waals surface area (Å²) in [7, 11) is 0. The monoisotopic (exact) mass is 238 g/mol. The summed E-state index contributed by atoms with van der Waals surface area (Å²) in [4.78, 5) is 11.1. The average Bonchev–Trinajstić information content (AvgIpc) is 2.54. The summed E-state index contributed by atoms with van der Waals surface area (Å²) in [6.07, 6.45) is 7.70. The minimum atomic E-state index is -0.0241. The van der Waals surface area contributed by atoms with Crippen molar-refractivity contribution < 1.29 is 9.53 Å². The largest absolute Gasteiger partial charge is 0.462 e. The number of carbonyl (C=O) groups excluding carboxylic acids is 1. The molecule has 0 spiro atoms. The zero-order valence-electron chi connectivity index (χ0n) is 11.7. The zero-order valence-corrected chi connectivity index (χ0v) is 11.7. The van der Waals surface area contributed by atoms with Gasteiger partial charge in [-0.15, -0.1) is 0 Å². The van der Waals surface area contributed by atoms with Gasteiger partial charge in [0.25, 0.3) is 0 Å². The Bertz CT molecular complexity index is 279. The summed E-state index contributed by atoms with van der Waals surface area (Å²) in [5, 5.41) is 0. The molecule has 0 amide bonds. The van der Waals surface area contributed by atoms with Crippen LogP contribution in [0.15, 0.2) is 11.6 Å². The molecular weight excluding hydrogens is 212 g/mol. The molecule has 0 aromatic rings. The molecular formula is C15H26O2. The van der Waals surface area contributed by atoms with Crippen LogP contribution in [0.2, 0.25) is 0 Å². The van der Waals surface area contributed by atoms with Crippen molar-refractivity contribution in [2.75, 3.05) is 0 Å². The predicted molar refractivity (Wildman–Crippen MR) is 70.7 cm³/mol. The summed E-state index contributed by atoms with van der Waals surface area (Å²) in [6.45, 7) is 8.72. The van der Waals surface area contributed by atoms with Gasteiger partial charge < -0.3 is 4.74 Å². The Balaban J connectivity index is 2.23.